The Bertz CT molecular complexity index is 436. The van der Waals surface area contributed by atoms with Gasteiger partial charge in [0.2, 0.25) is 5.95 Å². The van der Waals surface area contributed by atoms with Crippen molar-refractivity contribution in [2.24, 2.45) is 5.92 Å². The second-order valence-electron chi connectivity index (χ2n) is 4.84. The van der Waals surface area contributed by atoms with Gasteiger partial charge in [-0.1, -0.05) is 13.3 Å². The summed E-state index contributed by atoms with van der Waals surface area (Å²) < 4.78 is 0. The van der Waals surface area contributed by atoms with Crippen LogP contribution in [0.3, 0.4) is 0 Å². The molecule has 0 saturated carbocycles. The van der Waals surface area contributed by atoms with Gasteiger partial charge in [0.05, 0.1) is 0 Å². The van der Waals surface area contributed by atoms with Gasteiger partial charge in [-0.15, -0.1) is 0 Å². The minimum absolute atomic E-state index is 0.493. The summed E-state index contributed by atoms with van der Waals surface area (Å²) in [4.78, 5) is 21.7. The normalized spacial score (nSPS) is 24.0. The third-order valence-electron chi connectivity index (χ3n) is 3.61. The Balaban J connectivity index is 2.23. The zero-order chi connectivity index (χ0) is 13.1. The van der Waals surface area contributed by atoms with E-state index in [1.165, 1.54) is 0 Å². The minimum atomic E-state index is -0.779. The van der Waals surface area contributed by atoms with Crippen LogP contribution in [0.15, 0.2) is 12.3 Å². The maximum absolute atomic E-state index is 11.4. The molecule has 1 saturated heterocycles. The van der Waals surface area contributed by atoms with E-state index in [0.717, 1.165) is 25.1 Å². The molecular weight excluding hydrogens is 230 g/mol. The van der Waals surface area contributed by atoms with Crippen LogP contribution in [0.2, 0.25) is 0 Å². The molecule has 1 aliphatic rings. The molecule has 1 fully saturated rings. The number of hydrogen-bond donors (Lipinski definition) is 1. The topological polar surface area (TPSA) is 66.3 Å². The number of aliphatic carboxylic acids is 1. The molecule has 0 radical (unpaired) electrons. The minimum Gasteiger partial charge on any atom is -0.480 e. The van der Waals surface area contributed by atoms with Crippen molar-refractivity contribution in [2.45, 2.75) is 39.2 Å². The highest BCUT2D eigenvalue weighted by molar-refractivity contribution is 5.77. The predicted molar refractivity (Wildman–Crippen MR) is 68.6 cm³/mol. The van der Waals surface area contributed by atoms with Gasteiger partial charge in [-0.25, -0.2) is 14.8 Å². The molecule has 5 nitrogen and oxygen atoms in total. The third kappa shape index (κ3) is 2.60. The maximum atomic E-state index is 11.4. The lowest BCUT2D eigenvalue weighted by atomic mass is 9.89. The molecule has 18 heavy (non-hydrogen) atoms. The quantitative estimate of drug-likeness (QED) is 0.885. The summed E-state index contributed by atoms with van der Waals surface area (Å²) in [5, 5.41) is 9.36. The van der Waals surface area contributed by atoms with Crippen LogP contribution >= 0.6 is 0 Å². The fraction of sp³-hybridized carbons (Fsp3) is 0.615. The molecule has 5 heteroatoms. The summed E-state index contributed by atoms with van der Waals surface area (Å²) in [5.74, 6) is 0.252. The molecule has 0 bridgehead atoms. The molecule has 1 aromatic rings. The number of aryl methyl sites for hydroxylation is 1. The van der Waals surface area contributed by atoms with E-state index < -0.39 is 12.0 Å². The first-order chi connectivity index (χ1) is 8.61. The van der Waals surface area contributed by atoms with Crippen molar-refractivity contribution in [3.8, 4) is 0 Å². The van der Waals surface area contributed by atoms with Crippen molar-refractivity contribution in [3.63, 3.8) is 0 Å². The van der Waals surface area contributed by atoms with Gasteiger partial charge < -0.3 is 10.0 Å². The van der Waals surface area contributed by atoms with Gasteiger partial charge in [-0.05, 0) is 31.7 Å². The summed E-state index contributed by atoms with van der Waals surface area (Å²) >= 11 is 0. The smallest absolute Gasteiger partial charge is 0.326 e. The molecule has 0 amide bonds. The lowest BCUT2D eigenvalue weighted by Gasteiger charge is -2.36. The Morgan fingerprint density at radius 3 is 3.00 bits per heavy atom. The Kier molecular flexibility index (Phi) is 3.79. The van der Waals surface area contributed by atoms with Crippen LogP contribution in [-0.2, 0) is 4.79 Å². The standard InChI is InChI=1S/C13H19N3O2/c1-3-10-5-7-16(11(8-10)12(17)18)13-14-6-4-9(2)15-13/h4,6,10-11H,3,5,7-8H2,1-2H3,(H,17,18). The molecule has 2 heterocycles. The number of anilines is 1. The molecule has 2 unspecified atom stereocenters. The van der Waals surface area contributed by atoms with Crippen molar-refractivity contribution in [1.82, 2.24) is 9.97 Å². The Labute approximate surface area is 107 Å². The van der Waals surface area contributed by atoms with E-state index >= 15 is 0 Å². The van der Waals surface area contributed by atoms with Crippen LogP contribution in [0.1, 0.15) is 31.9 Å². The number of piperidine rings is 1. The van der Waals surface area contributed by atoms with E-state index in [1.807, 2.05) is 17.9 Å². The van der Waals surface area contributed by atoms with Crippen LogP contribution in [-0.4, -0.2) is 33.6 Å². The highest BCUT2D eigenvalue weighted by atomic mass is 16.4. The summed E-state index contributed by atoms with van der Waals surface area (Å²) in [5.41, 5.74) is 0.863. The molecule has 1 N–H and O–H groups in total. The van der Waals surface area contributed by atoms with E-state index in [9.17, 15) is 9.90 Å². The lowest BCUT2D eigenvalue weighted by molar-refractivity contribution is -0.139. The molecule has 0 aliphatic carbocycles. The van der Waals surface area contributed by atoms with Crippen molar-refractivity contribution < 1.29 is 9.90 Å². The number of carboxylic acid groups (broad SMARTS) is 1. The van der Waals surface area contributed by atoms with Gasteiger partial charge in [-0.2, -0.15) is 0 Å². The van der Waals surface area contributed by atoms with Gasteiger partial charge >= 0.3 is 5.97 Å². The number of rotatable bonds is 3. The predicted octanol–water partition coefficient (Wildman–Crippen LogP) is 1.86. The van der Waals surface area contributed by atoms with E-state index in [0.29, 0.717) is 18.3 Å². The average Bonchev–Trinajstić information content (AvgIpc) is 2.38. The first kappa shape index (κ1) is 12.8. The zero-order valence-corrected chi connectivity index (χ0v) is 10.8. The fourth-order valence-corrected chi connectivity index (χ4v) is 2.46. The van der Waals surface area contributed by atoms with E-state index in [1.54, 1.807) is 6.20 Å². The highest BCUT2D eigenvalue weighted by Crippen LogP contribution is 2.28. The Morgan fingerprint density at radius 2 is 2.39 bits per heavy atom. The fourth-order valence-electron chi connectivity index (χ4n) is 2.46. The SMILES string of the molecule is CCC1CCN(c2nccc(C)n2)C(C(=O)O)C1. The highest BCUT2D eigenvalue weighted by Gasteiger charge is 2.34. The van der Waals surface area contributed by atoms with Crippen molar-refractivity contribution >= 4 is 11.9 Å². The first-order valence-electron chi connectivity index (χ1n) is 6.41. The zero-order valence-electron chi connectivity index (χ0n) is 10.8. The van der Waals surface area contributed by atoms with Crippen LogP contribution in [0.25, 0.3) is 0 Å². The van der Waals surface area contributed by atoms with Crippen LogP contribution in [0.4, 0.5) is 5.95 Å². The van der Waals surface area contributed by atoms with E-state index in [-0.39, 0.29) is 0 Å². The Morgan fingerprint density at radius 1 is 1.61 bits per heavy atom. The molecule has 1 aliphatic heterocycles. The van der Waals surface area contributed by atoms with Gasteiger partial charge in [-0.3, -0.25) is 0 Å². The molecular formula is C13H19N3O2. The van der Waals surface area contributed by atoms with Crippen LogP contribution in [0, 0.1) is 12.8 Å². The Hall–Kier alpha value is -1.65. The number of hydrogen-bond acceptors (Lipinski definition) is 4. The van der Waals surface area contributed by atoms with Gasteiger partial charge in [0, 0.05) is 18.4 Å². The van der Waals surface area contributed by atoms with Gasteiger partial charge in [0.15, 0.2) is 0 Å². The summed E-state index contributed by atoms with van der Waals surface area (Å²) in [7, 11) is 0. The molecule has 2 atom stereocenters. The summed E-state index contributed by atoms with van der Waals surface area (Å²) in [6.07, 6.45) is 4.41. The lowest BCUT2D eigenvalue weighted by Crippen LogP contribution is -2.48. The summed E-state index contributed by atoms with van der Waals surface area (Å²) in [6, 6.07) is 1.32. The molecule has 0 spiro atoms. The van der Waals surface area contributed by atoms with Crippen molar-refractivity contribution in [3.05, 3.63) is 18.0 Å². The van der Waals surface area contributed by atoms with Crippen LogP contribution < -0.4 is 4.90 Å². The van der Waals surface area contributed by atoms with Crippen molar-refractivity contribution in [2.75, 3.05) is 11.4 Å². The summed E-state index contributed by atoms with van der Waals surface area (Å²) in [6.45, 7) is 4.72. The second kappa shape index (κ2) is 5.33. The molecule has 98 valence electrons. The van der Waals surface area contributed by atoms with Gasteiger partial charge in [0.25, 0.3) is 0 Å². The third-order valence-corrected chi connectivity index (χ3v) is 3.61. The monoisotopic (exact) mass is 249 g/mol. The van der Waals surface area contributed by atoms with Gasteiger partial charge in [0.1, 0.15) is 6.04 Å². The number of carboxylic acids is 1. The molecule has 1 aromatic heterocycles. The van der Waals surface area contributed by atoms with Crippen molar-refractivity contribution in [1.29, 1.82) is 0 Å². The number of aromatic nitrogens is 2. The average molecular weight is 249 g/mol. The van der Waals surface area contributed by atoms with E-state index in [4.69, 9.17) is 0 Å². The molecule has 0 aromatic carbocycles. The molecule has 2 rings (SSSR count). The largest absolute Gasteiger partial charge is 0.480 e. The first-order valence-corrected chi connectivity index (χ1v) is 6.41. The maximum Gasteiger partial charge on any atom is 0.326 e. The number of carbonyl (C=O) groups is 1. The van der Waals surface area contributed by atoms with E-state index in [2.05, 4.69) is 16.9 Å². The van der Waals surface area contributed by atoms with Crippen LogP contribution in [0.5, 0.6) is 0 Å². The second-order valence-corrected chi connectivity index (χ2v) is 4.84. The number of nitrogens with zero attached hydrogens (tertiary/aromatic N) is 3.